The lowest BCUT2D eigenvalue weighted by atomic mass is 10.1. The molecule has 1 rings (SSSR count). The molecule has 1 nitrogen and oxygen atoms in total. The van der Waals surface area contributed by atoms with Gasteiger partial charge in [0.2, 0.25) is 0 Å². The minimum absolute atomic E-state index is 1.12. The summed E-state index contributed by atoms with van der Waals surface area (Å²) in [6.07, 6.45) is 17.7. The summed E-state index contributed by atoms with van der Waals surface area (Å²) in [6.45, 7) is 9.73. The van der Waals surface area contributed by atoms with Crippen LogP contribution in [0.5, 0.6) is 0 Å². The first-order valence-electron chi connectivity index (χ1n) is 9.60. The summed E-state index contributed by atoms with van der Waals surface area (Å²) in [5, 5.41) is 0. The molecule has 0 aromatic heterocycles. The molecule has 0 atom stereocenters. The van der Waals surface area contributed by atoms with E-state index in [1.807, 2.05) is 0 Å². The van der Waals surface area contributed by atoms with Gasteiger partial charge in [-0.2, -0.15) is 0 Å². The Morgan fingerprint density at radius 1 is 0.857 bits per heavy atom. The molecule has 0 spiro atoms. The maximum Gasteiger partial charge on any atom is 0.0727 e. The van der Waals surface area contributed by atoms with Crippen LogP contribution in [0.3, 0.4) is 0 Å². The number of nitrogens with zero attached hydrogens (tertiary/aromatic N) is 1. The normalized spacial score (nSPS) is 19.4. The highest BCUT2D eigenvalue weighted by Gasteiger charge is 2.31. The van der Waals surface area contributed by atoms with E-state index in [1.54, 1.807) is 0 Å². The number of rotatable bonds is 8. The van der Waals surface area contributed by atoms with Crippen LogP contribution in [-0.4, -0.2) is 32.2 Å². The van der Waals surface area contributed by atoms with Crippen molar-refractivity contribution in [2.75, 3.05) is 19.3 Å². The first-order valence-corrected chi connectivity index (χ1v) is 12.4. The average Bonchev–Trinajstić information content (AvgIpc) is 2.60. The predicted octanol–water partition coefficient (Wildman–Crippen LogP) is 6.03. The summed E-state index contributed by atoms with van der Waals surface area (Å²) in [4.78, 5) is 2.87. The summed E-state index contributed by atoms with van der Waals surface area (Å²) in [7, 11) is -1.12. The fourth-order valence-electron chi connectivity index (χ4n) is 4.10. The molecule has 0 unspecified atom stereocenters. The molecule has 2 heteroatoms. The molecule has 1 aliphatic heterocycles. The third-order valence-corrected chi connectivity index (χ3v) is 10.4. The summed E-state index contributed by atoms with van der Waals surface area (Å²) in [5.74, 6) is 0. The monoisotopic (exact) mass is 309 g/mol. The zero-order chi connectivity index (χ0) is 15.4. The number of hydrogen-bond donors (Lipinski definition) is 0. The van der Waals surface area contributed by atoms with Gasteiger partial charge in [0.25, 0.3) is 0 Å². The zero-order valence-corrected chi connectivity index (χ0v) is 16.0. The van der Waals surface area contributed by atoms with Gasteiger partial charge in [0.15, 0.2) is 0 Å². The maximum absolute atomic E-state index is 2.87. The minimum atomic E-state index is -1.12. The van der Waals surface area contributed by atoms with Crippen LogP contribution >= 0.6 is 0 Å². The first kappa shape index (κ1) is 19.0. The molecule has 0 saturated carbocycles. The fraction of sp³-hybridized carbons (Fsp3) is 0.895. The minimum Gasteiger partial charge on any atom is -0.306 e. The summed E-state index contributed by atoms with van der Waals surface area (Å²) >= 11 is 0. The van der Waals surface area contributed by atoms with E-state index in [0.29, 0.717) is 0 Å². The van der Waals surface area contributed by atoms with Crippen LogP contribution in [0.25, 0.3) is 0 Å². The average molecular weight is 310 g/mol. The Morgan fingerprint density at radius 2 is 1.38 bits per heavy atom. The number of hydrogen-bond acceptors (Lipinski definition) is 1. The molecule has 0 aromatic rings. The van der Waals surface area contributed by atoms with Crippen molar-refractivity contribution in [2.45, 2.75) is 90.3 Å². The molecule has 1 saturated heterocycles. The van der Waals surface area contributed by atoms with Crippen LogP contribution in [0.4, 0.5) is 0 Å². The van der Waals surface area contributed by atoms with E-state index in [4.69, 9.17) is 0 Å². The summed E-state index contributed by atoms with van der Waals surface area (Å²) in [6, 6.07) is 4.48. The molecule has 0 bridgehead atoms. The summed E-state index contributed by atoms with van der Waals surface area (Å²) < 4.78 is 0. The quantitative estimate of drug-likeness (QED) is 0.391. The highest BCUT2D eigenvalue weighted by Crippen LogP contribution is 2.27. The van der Waals surface area contributed by atoms with Crippen molar-refractivity contribution < 1.29 is 0 Å². The van der Waals surface area contributed by atoms with Gasteiger partial charge in [-0.1, -0.05) is 76.6 Å². The van der Waals surface area contributed by atoms with E-state index in [0.717, 1.165) is 0 Å². The third-order valence-electron chi connectivity index (χ3n) is 5.10. The van der Waals surface area contributed by atoms with E-state index >= 15 is 0 Å². The molecule has 0 aromatic carbocycles. The zero-order valence-electron chi connectivity index (χ0n) is 15.0. The van der Waals surface area contributed by atoms with Gasteiger partial charge in [0, 0.05) is 0 Å². The van der Waals surface area contributed by atoms with Gasteiger partial charge in [0.1, 0.15) is 0 Å². The maximum atomic E-state index is 2.87. The van der Waals surface area contributed by atoms with Crippen LogP contribution in [0.2, 0.25) is 18.1 Å². The van der Waals surface area contributed by atoms with E-state index in [-0.39, 0.29) is 0 Å². The third kappa shape index (κ3) is 7.65. The van der Waals surface area contributed by atoms with Crippen molar-refractivity contribution in [3.05, 3.63) is 12.2 Å². The highest BCUT2D eigenvalue weighted by atomic mass is 28.3. The van der Waals surface area contributed by atoms with E-state index in [2.05, 4.69) is 37.8 Å². The second-order valence-corrected chi connectivity index (χ2v) is 11.9. The largest absolute Gasteiger partial charge is 0.306 e. The Balaban J connectivity index is 2.69. The lowest BCUT2D eigenvalue weighted by molar-refractivity contribution is 0.304. The predicted molar refractivity (Wildman–Crippen MR) is 99.7 cm³/mol. The van der Waals surface area contributed by atoms with Crippen molar-refractivity contribution in [1.29, 1.82) is 0 Å². The number of allylic oxidation sites excluding steroid dienone is 2. The van der Waals surface area contributed by atoms with Crippen LogP contribution in [-0.2, 0) is 0 Å². The van der Waals surface area contributed by atoms with Gasteiger partial charge in [-0.3, -0.25) is 0 Å². The van der Waals surface area contributed by atoms with Crippen LogP contribution in [0.15, 0.2) is 12.2 Å². The highest BCUT2D eigenvalue weighted by molar-refractivity contribution is 6.80. The first-order chi connectivity index (χ1) is 10.3. The fourth-order valence-corrected chi connectivity index (χ4v) is 9.33. The van der Waals surface area contributed by atoms with Crippen LogP contribution < -0.4 is 0 Å². The molecule has 1 aliphatic rings. The Labute approximate surface area is 135 Å². The lowest BCUT2D eigenvalue weighted by Crippen LogP contribution is -2.47. The molecular weight excluding hydrogens is 270 g/mol. The van der Waals surface area contributed by atoms with Gasteiger partial charge in [-0.25, -0.2) is 0 Å². The topological polar surface area (TPSA) is 3.24 Å². The van der Waals surface area contributed by atoms with E-state index in [1.165, 1.54) is 88.8 Å². The second kappa shape index (κ2) is 11.5. The molecule has 0 radical (unpaired) electrons. The van der Waals surface area contributed by atoms with E-state index in [9.17, 15) is 0 Å². The van der Waals surface area contributed by atoms with Crippen LogP contribution in [0.1, 0.15) is 72.1 Å². The molecule has 0 aliphatic carbocycles. The Kier molecular flexibility index (Phi) is 10.4. The van der Waals surface area contributed by atoms with Crippen molar-refractivity contribution in [2.24, 2.45) is 0 Å². The molecule has 0 amide bonds. The Bertz CT molecular complexity index is 259. The summed E-state index contributed by atoms with van der Waals surface area (Å²) in [5.41, 5.74) is 0. The van der Waals surface area contributed by atoms with Gasteiger partial charge >= 0.3 is 0 Å². The Hall–Kier alpha value is -0.0831. The van der Waals surface area contributed by atoms with Gasteiger partial charge in [-0.05, 0) is 45.1 Å². The van der Waals surface area contributed by atoms with Crippen molar-refractivity contribution in [3.8, 4) is 0 Å². The standard InChI is InChI=1S/C19H39NSi/c1-4-7-18-21(16-5-2,17-6-3)19-20-14-12-10-8-9-11-13-15-20/h4,7H,5-6,8-19H2,1-3H3/b7-4+. The molecule has 1 heterocycles. The van der Waals surface area contributed by atoms with E-state index < -0.39 is 8.07 Å². The second-order valence-electron chi connectivity index (χ2n) is 7.17. The van der Waals surface area contributed by atoms with Crippen LogP contribution in [0, 0.1) is 0 Å². The molecular formula is C19H39NSi. The Morgan fingerprint density at radius 3 is 1.86 bits per heavy atom. The van der Waals surface area contributed by atoms with Crippen molar-refractivity contribution >= 4 is 8.07 Å². The molecule has 0 N–H and O–H groups in total. The lowest BCUT2D eigenvalue weighted by Gasteiger charge is -2.36. The smallest absolute Gasteiger partial charge is 0.0727 e. The SMILES string of the molecule is C/C=C/C[Si](CCC)(CCC)CN1CCCCCCCC1. The van der Waals surface area contributed by atoms with Crippen molar-refractivity contribution in [3.63, 3.8) is 0 Å². The molecule has 21 heavy (non-hydrogen) atoms. The van der Waals surface area contributed by atoms with Crippen molar-refractivity contribution in [1.82, 2.24) is 4.90 Å². The molecule has 124 valence electrons. The van der Waals surface area contributed by atoms with Gasteiger partial charge < -0.3 is 4.90 Å². The van der Waals surface area contributed by atoms with Gasteiger partial charge in [-0.15, -0.1) is 0 Å². The molecule has 1 fully saturated rings. The van der Waals surface area contributed by atoms with Gasteiger partial charge in [0.05, 0.1) is 8.07 Å².